The summed E-state index contributed by atoms with van der Waals surface area (Å²) in [4.78, 5) is 44.9. The molecule has 0 unspecified atom stereocenters. The number of rotatable bonds is 9. The van der Waals surface area contributed by atoms with Crippen molar-refractivity contribution in [3.8, 4) is 10.9 Å². The number of hydrogen-bond donors (Lipinski definition) is 2. The van der Waals surface area contributed by atoms with Crippen LogP contribution in [0.1, 0.15) is 12.0 Å². The Morgan fingerprint density at radius 1 is 1.09 bits per heavy atom. The van der Waals surface area contributed by atoms with E-state index in [9.17, 15) is 14.4 Å². The van der Waals surface area contributed by atoms with E-state index in [2.05, 4.69) is 19.7 Å². The third-order valence-electron chi connectivity index (χ3n) is 4.64. The highest BCUT2D eigenvalue weighted by Gasteiger charge is 2.15. The van der Waals surface area contributed by atoms with Crippen LogP contribution < -0.4 is 27.2 Å². The van der Waals surface area contributed by atoms with Crippen molar-refractivity contribution in [1.29, 1.82) is 0 Å². The van der Waals surface area contributed by atoms with Crippen molar-refractivity contribution in [2.24, 2.45) is 5.73 Å². The van der Waals surface area contributed by atoms with Gasteiger partial charge in [-0.15, -0.1) is 0 Å². The van der Waals surface area contributed by atoms with Crippen LogP contribution in [-0.2, 0) is 17.9 Å². The summed E-state index contributed by atoms with van der Waals surface area (Å²) >= 11 is 7.08. The molecule has 4 aromatic rings. The lowest BCUT2D eigenvalue weighted by Gasteiger charge is -2.15. The van der Waals surface area contributed by atoms with Gasteiger partial charge in [-0.1, -0.05) is 23.7 Å². The molecule has 0 aliphatic rings. The summed E-state index contributed by atoms with van der Waals surface area (Å²) in [5, 5.41) is 3.96. The van der Waals surface area contributed by atoms with Crippen molar-refractivity contribution >= 4 is 40.7 Å². The van der Waals surface area contributed by atoms with Gasteiger partial charge in [-0.25, -0.2) is 14.2 Å². The number of anilines is 2. The second kappa shape index (κ2) is 10.3. The number of nitrogens with two attached hydrogens (primary N) is 1. The number of carbonyl (C=O) groups is 1. The molecule has 2 heterocycles. The summed E-state index contributed by atoms with van der Waals surface area (Å²) in [6.07, 6.45) is 1.23. The quantitative estimate of drug-likeness (QED) is 0.356. The molecule has 0 bridgehead atoms. The highest BCUT2D eigenvalue weighted by molar-refractivity contribution is 7.07. The highest BCUT2D eigenvalue weighted by Crippen LogP contribution is 2.24. The molecule has 0 aliphatic carbocycles. The van der Waals surface area contributed by atoms with Crippen LogP contribution in [-0.4, -0.2) is 29.4 Å². The molecule has 0 spiro atoms. The lowest BCUT2D eigenvalue weighted by Crippen LogP contribution is -2.43. The topological polar surface area (TPSA) is 147 Å². The van der Waals surface area contributed by atoms with Gasteiger partial charge in [0.1, 0.15) is 12.1 Å². The first-order valence-corrected chi connectivity index (χ1v) is 11.1. The normalized spacial score (nSPS) is 10.7. The minimum absolute atomic E-state index is 0.0399. The second-order valence-electron chi connectivity index (χ2n) is 7.04. The van der Waals surface area contributed by atoms with Crippen molar-refractivity contribution in [2.75, 3.05) is 5.32 Å². The first kappa shape index (κ1) is 23.1. The van der Waals surface area contributed by atoms with E-state index >= 15 is 0 Å². The summed E-state index contributed by atoms with van der Waals surface area (Å²) in [5.41, 5.74) is 5.08. The minimum atomic E-state index is -0.794. The fourth-order valence-electron chi connectivity index (χ4n) is 3.00. The van der Waals surface area contributed by atoms with E-state index in [-0.39, 0.29) is 25.5 Å². The maximum absolute atomic E-state index is 13.2. The number of hydrogen-bond acceptors (Lipinski definition) is 9. The Balaban J connectivity index is 1.65. The number of ether oxygens (including phenoxy) is 1. The summed E-state index contributed by atoms with van der Waals surface area (Å²) < 4.78 is 11.6. The number of aromatic nitrogens is 5. The maximum atomic E-state index is 13.2. The summed E-state index contributed by atoms with van der Waals surface area (Å²) in [6.45, 7) is -0.0566. The largest absolute Gasteiger partial charge is 0.430 e. The van der Waals surface area contributed by atoms with Gasteiger partial charge < -0.3 is 15.8 Å². The van der Waals surface area contributed by atoms with Gasteiger partial charge >= 0.3 is 11.4 Å². The number of nitrogens with one attached hydrogen (secondary N) is 1. The van der Waals surface area contributed by atoms with Crippen LogP contribution in [0.2, 0.25) is 5.02 Å². The standard InChI is InChI=1S/C21H18ClN7O4S/c22-14-3-1-13(2-4-14)11-29-18(27-19(31)28(21(29)32)10-9-17(23)30)26-15-5-7-16(8-6-15)33-20-24-12-25-34-20/h1-8,12H,9-11H2,(H2,23,30)(H,26,27,31). The predicted molar refractivity (Wildman–Crippen MR) is 127 cm³/mol. The number of carbonyl (C=O) groups excluding carboxylic acids is 1. The van der Waals surface area contributed by atoms with Gasteiger partial charge in [-0.05, 0) is 42.0 Å². The Labute approximate surface area is 201 Å². The number of primary amides is 1. The maximum Gasteiger partial charge on any atom is 0.354 e. The molecule has 13 heteroatoms. The first-order valence-electron chi connectivity index (χ1n) is 9.95. The molecule has 0 atom stereocenters. The molecule has 2 aromatic heterocycles. The molecule has 3 N–H and O–H groups in total. The molecule has 0 radical (unpaired) electrons. The van der Waals surface area contributed by atoms with Crippen molar-refractivity contribution in [1.82, 2.24) is 23.5 Å². The van der Waals surface area contributed by atoms with Crippen LogP contribution >= 0.6 is 23.1 Å². The van der Waals surface area contributed by atoms with Gasteiger partial charge in [0.2, 0.25) is 11.9 Å². The molecule has 34 heavy (non-hydrogen) atoms. The fraction of sp³-hybridized carbons (Fsp3) is 0.143. The Morgan fingerprint density at radius 3 is 2.47 bits per heavy atom. The summed E-state index contributed by atoms with van der Waals surface area (Å²) in [7, 11) is 0. The fourth-order valence-corrected chi connectivity index (χ4v) is 3.54. The van der Waals surface area contributed by atoms with Crippen LogP contribution in [0.4, 0.5) is 11.6 Å². The number of benzene rings is 2. The molecule has 0 fully saturated rings. The van der Waals surface area contributed by atoms with E-state index < -0.39 is 17.3 Å². The predicted octanol–water partition coefficient (Wildman–Crippen LogP) is 2.37. The summed E-state index contributed by atoms with van der Waals surface area (Å²) in [5.74, 6) is -0.0534. The van der Waals surface area contributed by atoms with E-state index in [0.717, 1.165) is 21.7 Å². The molecule has 1 amide bonds. The molecule has 0 aliphatic heterocycles. The van der Waals surface area contributed by atoms with Crippen LogP contribution in [0.15, 0.2) is 64.4 Å². The third-order valence-corrected chi connectivity index (χ3v) is 5.44. The van der Waals surface area contributed by atoms with E-state index in [0.29, 0.717) is 21.7 Å². The van der Waals surface area contributed by atoms with Crippen LogP contribution in [0.25, 0.3) is 0 Å². The SMILES string of the molecule is NC(=O)CCn1c(=O)nc(Nc2ccc(Oc3ncns3)cc2)n(Cc2ccc(Cl)cc2)c1=O. The van der Waals surface area contributed by atoms with E-state index in [4.69, 9.17) is 22.1 Å². The van der Waals surface area contributed by atoms with Gasteiger partial charge in [0.15, 0.2) is 0 Å². The molecule has 2 aromatic carbocycles. The number of nitrogens with zero attached hydrogens (tertiary/aromatic N) is 5. The Hall–Kier alpha value is -4.03. The lowest BCUT2D eigenvalue weighted by molar-refractivity contribution is -0.118. The van der Waals surface area contributed by atoms with Gasteiger partial charge in [0.25, 0.3) is 5.19 Å². The van der Waals surface area contributed by atoms with Gasteiger partial charge in [0, 0.05) is 35.2 Å². The molecule has 4 rings (SSSR count). The average molecular weight is 500 g/mol. The molecule has 11 nitrogen and oxygen atoms in total. The molecular weight excluding hydrogens is 482 g/mol. The zero-order valence-electron chi connectivity index (χ0n) is 17.6. The van der Waals surface area contributed by atoms with Gasteiger partial charge in [0.05, 0.1) is 6.54 Å². The zero-order valence-corrected chi connectivity index (χ0v) is 19.1. The lowest BCUT2D eigenvalue weighted by atomic mass is 10.2. The van der Waals surface area contributed by atoms with E-state index in [1.807, 2.05) is 0 Å². The zero-order chi connectivity index (χ0) is 24.1. The van der Waals surface area contributed by atoms with Crippen LogP contribution in [0.3, 0.4) is 0 Å². The van der Waals surface area contributed by atoms with E-state index in [1.165, 1.54) is 10.9 Å². The molecular formula is C21H18ClN7O4S. The minimum Gasteiger partial charge on any atom is -0.430 e. The highest BCUT2D eigenvalue weighted by atomic mass is 35.5. The number of halogens is 1. The van der Waals surface area contributed by atoms with Crippen molar-refractivity contribution in [3.63, 3.8) is 0 Å². The van der Waals surface area contributed by atoms with Gasteiger partial charge in [-0.3, -0.25) is 9.36 Å². The first-order chi connectivity index (χ1) is 16.4. The van der Waals surface area contributed by atoms with Gasteiger partial charge in [-0.2, -0.15) is 14.3 Å². The number of amides is 1. The van der Waals surface area contributed by atoms with Crippen molar-refractivity contribution < 1.29 is 9.53 Å². The van der Waals surface area contributed by atoms with E-state index in [1.54, 1.807) is 48.5 Å². The third kappa shape index (κ3) is 5.66. The molecule has 0 saturated heterocycles. The monoisotopic (exact) mass is 499 g/mol. The summed E-state index contributed by atoms with van der Waals surface area (Å²) in [6, 6.07) is 13.7. The van der Waals surface area contributed by atoms with Crippen molar-refractivity contribution in [3.05, 3.63) is 86.4 Å². The van der Waals surface area contributed by atoms with Crippen molar-refractivity contribution in [2.45, 2.75) is 19.5 Å². The average Bonchev–Trinajstić information content (AvgIpc) is 3.32. The Morgan fingerprint density at radius 2 is 1.82 bits per heavy atom. The van der Waals surface area contributed by atoms with Crippen LogP contribution in [0.5, 0.6) is 10.9 Å². The smallest absolute Gasteiger partial charge is 0.354 e. The Bertz CT molecular complexity index is 1400. The second-order valence-corrected chi connectivity index (χ2v) is 8.22. The van der Waals surface area contributed by atoms with Crippen LogP contribution in [0, 0.1) is 0 Å². The molecule has 0 saturated carbocycles. The molecule has 174 valence electrons. The Kier molecular flexibility index (Phi) is 6.99.